The first-order valence-corrected chi connectivity index (χ1v) is 8.16. The molecule has 90 valence electrons. The third-order valence-electron chi connectivity index (χ3n) is 2.51. The number of aromatic nitrogens is 3. The van der Waals surface area contributed by atoms with Crippen molar-refractivity contribution in [2.75, 3.05) is 0 Å². The van der Waals surface area contributed by atoms with E-state index in [0.29, 0.717) is 15.0 Å². The van der Waals surface area contributed by atoms with Crippen LogP contribution in [0.5, 0.6) is 0 Å². The molecule has 2 aromatic rings. The molecule has 3 nitrogen and oxygen atoms in total. The van der Waals surface area contributed by atoms with Crippen LogP contribution in [0, 0.1) is 0 Å². The molecule has 0 aliphatic rings. The van der Waals surface area contributed by atoms with Crippen LogP contribution >= 0.6 is 0 Å². The topological polar surface area (TPSA) is 30.7 Å². The zero-order valence-electron chi connectivity index (χ0n) is 10.0. The second kappa shape index (κ2) is 6.57. The first-order valence-electron chi connectivity index (χ1n) is 5.96. The van der Waals surface area contributed by atoms with E-state index in [9.17, 15) is 0 Å². The third-order valence-corrected chi connectivity index (χ3v) is 4.41. The molecule has 2 rings (SSSR count). The van der Waals surface area contributed by atoms with Crippen molar-refractivity contribution in [2.24, 2.45) is 0 Å². The van der Waals surface area contributed by atoms with Crippen LogP contribution < -0.4 is 0 Å². The summed E-state index contributed by atoms with van der Waals surface area (Å²) >= 11 is 0.645. The molecule has 17 heavy (non-hydrogen) atoms. The van der Waals surface area contributed by atoms with Crippen LogP contribution in [0.4, 0.5) is 0 Å². The summed E-state index contributed by atoms with van der Waals surface area (Å²) in [4.78, 5) is 2.30. The summed E-state index contributed by atoms with van der Waals surface area (Å²) in [6.45, 7) is 3.07. The van der Waals surface area contributed by atoms with Gasteiger partial charge in [-0.15, -0.1) is 0 Å². The molecule has 0 aliphatic heterocycles. The SMILES string of the molecule is CCCC[Se]/C=C/Cn1nnc2ccccc21. The number of hydrogen-bond donors (Lipinski definition) is 0. The molecule has 0 fully saturated rings. The number of rotatable bonds is 6. The van der Waals surface area contributed by atoms with Crippen molar-refractivity contribution in [1.82, 2.24) is 15.0 Å². The number of para-hydroxylation sites is 1. The van der Waals surface area contributed by atoms with Gasteiger partial charge in [-0.25, -0.2) is 0 Å². The Kier molecular flexibility index (Phi) is 4.77. The number of nitrogens with zero attached hydrogens (tertiary/aromatic N) is 3. The minimum absolute atomic E-state index is 0.645. The van der Waals surface area contributed by atoms with Crippen LogP contribution in [-0.4, -0.2) is 30.0 Å². The van der Waals surface area contributed by atoms with Crippen LogP contribution in [0.15, 0.2) is 35.3 Å². The van der Waals surface area contributed by atoms with Gasteiger partial charge in [0.25, 0.3) is 0 Å². The minimum atomic E-state index is 0.645. The summed E-state index contributed by atoms with van der Waals surface area (Å²) in [5, 5.41) is 9.63. The van der Waals surface area contributed by atoms with Crippen molar-refractivity contribution in [2.45, 2.75) is 31.6 Å². The predicted molar refractivity (Wildman–Crippen MR) is 72.1 cm³/mol. The summed E-state index contributed by atoms with van der Waals surface area (Å²) in [6, 6.07) is 8.07. The Hall–Kier alpha value is -1.12. The molecule has 0 atom stereocenters. The fraction of sp³-hybridized carbons (Fsp3) is 0.385. The van der Waals surface area contributed by atoms with Gasteiger partial charge in [-0.2, -0.15) is 0 Å². The molecule has 0 bridgehead atoms. The van der Waals surface area contributed by atoms with Gasteiger partial charge in [-0.05, 0) is 0 Å². The van der Waals surface area contributed by atoms with E-state index < -0.39 is 0 Å². The fourth-order valence-corrected chi connectivity index (χ4v) is 3.27. The van der Waals surface area contributed by atoms with E-state index >= 15 is 0 Å². The van der Waals surface area contributed by atoms with Crippen molar-refractivity contribution in [3.63, 3.8) is 0 Å². The summed E-state index contributed by atoms with van der Waals surface area (Å²) < 4.78 is 1.95. The molecule has 0 radical (unpaired) electrons. The molecule has 0 unspecified atom stereocenters. The molecule has 0 spiro atoms. The molecular weight excluding hydrogens is 277 g/mol. The van der Waals surface area contributed by atoms with Gasteiger partial charge < -0.3 is 0 Å². The predicted octanol–water partition coefficient (Wildman–Crippen LogP) is 2.87. The number of fused-ring (bicyclic) bond motifs is 1. The molecule has 0 saturated carbocycles. The Morgan fingerprint density at radius 1 is 1.35 bits per heavy atom. The van der Waals surface area contributed by atoms with E-state index in [-0.39, 0.29) is 0 Å². The Labute approximate surface area is 108 Å². The first kappa shape index (κ1) is 12.3. The van der Waals surface area contributed by atoms with Crippen LogP contribution in [0.2, 0.25) is 5.32 Å². The number of allylic oxidation sites excluding steroid dienone is 1. The average Bonchev–Trinajstić information content (AvgIpc) is 2.77. The van der Waals surface area contributed by atoms with Crippen molar-refractivity contribution in [1.29, 1.82) is 0 Å². The van der Waals surface area contributed by atoms with Crippen molar-refractivity contribution in [3.8, 4) is 0 Å². The zero-order valence-corrected chi connectivity index (χ0v) is 11.8. The molecule has 0 N–H and O–H groups in total. The van der Waals surface area contributed by atoms with Gasteiger partial charge in [-0.3, -0.25) is 0 Å². The third kappa shape index (κ3) is 3.42. The van der Waals surface area contributed by atoms with Crippen LogP contribution in [-0.2, 0) is 6.54 Å². The number of benzene rings is 1. The summed E-state index contributed by atoms with van der Waals surface area (Å²) in [5.41, 5.74) is 2.08. The molecule has 1 aromatic carbocycles. The van der Waals surface area contributed by atoms with Gasteiger partial charge in [0.2, 0.25) is 0 Å². The van der Waals surface area contributed by atoms with E-state index in [2.05, 4.69) is 34.4 Å². The quantitative estimate of drug-likeness (QED) is 0.606. The van der Waals surface area contributed by atoms with Gasteiger partial charge in [0.15, 0.2) is 0 Å². The van der Waals surface area contributed by atoms with Crippen LogP contribution in [0.1, 0.15) is 19.8 Å². The number of unbranched alkanes of at least 4 members (excludes halogenated alkanes) is 1. The van der Waals surface area contributed by atoms with Gasteiger partial charge >= 0.3 is 108 Å². The van der Waals surface area contributed by atoms with Crippen LogP contribution in [0.3, 0.4) is 0 Å². The van der Waals surface area contributed by atoms with Gasteiger partial charge in [0, 0.05) is 0 Å². The monoisotopic (exact) mass is 295 g/mol. The van der Waals surface area contributed by atoms with Gasteiger partial charge in [0.05, 0.1) is 0 Å². The van der Waals surface area contributed by atoms with Crippen molar-refractivity contribution >= 4 is 26.0 Å². The van der Waals surface area contributed by atoms with Crippen molar-refractivity contribution in [3.05, 3.63) is 35.3 Å². The molecule has 1 heterocycles. The van der Waals surface area contributed by atoms with Crippen molar-refractivity contribution < 1.29 is 0 Å². The van der Waals surface area contributed by atoms with E-state index in [1.54, 1.807) is 0 Å². The molecule has 0 aliphatic carbocycles. The Morgan fingerprint density at radius 2 is 2.24 bits per heavy atom. The van der Waals surface area contributed by atoms with E-state index in [0.717, 1.165) is 17.6 Å². The normalized spacial score (nSPS) is 11.6. The Bertz CT molecular complexity index is 490. The van der Waals surface area contributed by atoms with Crippen LogP contribution in [0.25, 0.3) is 11.0 Å². The standard InChI is InChI=1S/C13H17N3Se/c1-2-3-10-17-11-6-9-16-13-8-5-4-7-12(13)14-15-16/h4-8,11H,2-3,9-10H2,1H3/b11-6+. The summed E-state index contributed by atoms with van der Waals surface area (Å²) in [6.07, 6.45) is 4.84. The maximum atomic E-state index is 4.15. The molecule has 0 saturated heterocycles. The zero-order chi connectivity index (χ0) is 11.9. The van der Waals surface area contributed by atoms with Gasteiger partial charge in [-0.1, -0.05) is 0 Å². The second-order valence-corrected chi connectivity index (χ2v) is 5.98. The summed E-state index contributed by atoms with van der Waals surface area (Å²) in [7, 11) is 0. The summed E-state index contributed by atoms with van der Waals surface area (Å²) in [5.74, 6) is 0. The Morgan fingerprint density at radius 3 is 3.12 bits per heavy atom. The first-order chi connectivity index (χ1) is 8.42. The van der Waals surface area contributed by atoms with E-state index in [1.807, 2.05) is 22.9 Å². The second-order valence-electron chi connectivity index (χ2n) is 3.86. The average molecular weight is 294 g/mol. The Balaban J connectivity index is 1.90. The maximum absolute atomic E-state index is 4.15. The number of hydrogen-bond acceptors (Lipinski definition) is 2. The molecule has 1 aromatic heterocycles. The fourth-order valence-electron chi connectivity index (χ4n) is 1.56. The van der Waals surface area contributed by atoms with Gasteiger partial charge in [0.1, 0.15) is 0 Å². The molecule has 4 heteroatoms. The van der Waals surface area contributed by atoms with E-state index in [1.165, 1.54) is 18.2 Å². The van der Waals surface area contributed by atoms with E-state index in [4.69, 9.17) is 0 Å². The molecule has 0 amide bonds. The molecular formula is C13H17N3Se.